The molecule has 1 aliphatic rings. The van der Waals surface area contributed by atoms with Crippen LogP contribution in [0.15, 0.2) is 30.3 Å². The molecule has 0 bridgehead atoms. The molecule has 1 heterocycles. The Morgan fingerprint density at radius 1 is 1.24 bits per heavy atom. The number of halogens is 1. The fraction of sp³-hybridized carbons (Fsp3) is 0.444. The Kier molecular flexibility index (Phi) is 4.25. The number of fused-ring (bicyclic) bond motifs is 1. The number of rotatable bonds is 3. The van der Waals surface area contributed by atoms with Gasteiger partial charge < -0.3 is 0 Å². The molecule has 2 aromatic rings. The van der Waals surface area contributed by atoms with Crippen molar-refractivity contribution in [1.29, 1.82) is 0 Å². The van der Waals surface area contributed by atoms with Gasteiger partial charge >= 0.3 is 0 Å². The van der Waals surface area contributed by atoms with E-state index in [9.17, 15) is 0 Å². The molecule has 1 aromatic heterocycles. The summed E-state index contributed by atoms with van der Waals surface area (Å²) in [5.74, 6) is 1.76. The van der Waals surface area contributed by atoms with E-state index in [2.05, 4.69) is 43.1 Å². The summed E-state index contributed by atoms with van der Waals surface area (Å²) in [6, 6.07) is 10.6. The van der Waals surface area contributed by atoms with Crippen LogP contribution >= 0.6 is 11.6 Å². The summed E-state index contributed by atoms with van der Waals surface area (Å²) in [6.07, 6.45) is 4.41. The van der Waals surface area contributed by atoms with Gasteiger partial charge in [-0.15, -0.1) is 0 Å². The molecule has 0 radical (unpaired) electrons. The number of hydrogen-bond acceptors (Lipinski definition) is 2. The van der Waals surface area contributed by atoms with Crippen LogP contribution < -0.4 is 0 Å². The standard InChI is InChI=1S/C18H21ClN2/c1-12(2)10-14-11-17(19)21-18(20-14)16-9-5-7-13-6-3-4-8-15(13)16/h3-4,6,8,11-12,16H,5,7,9-10H2,1-2H3. The van der Waals surface area contributed by atoms with Crippen molar-refractivity contribution in [2.45, 2.75) is 45.4 Å². The molecule has 110 valence electrons. The molecule has 21 heavy (non-hydrogen) atoms. The Bertz CT molecular complexity index is 637. The predicted octanol–water partition coefficient (Wildman–Crippen LogP) is 4.80. The molecule has 0 fully saturated rings. The average Bonchev–Trinajstić information content (AvgIpc) is 2.45. The SMILES string of the molecule is CC(C)Cc1cc(Cl)nc(C2CCCc3ccccc32)n1. The summed E-state index contributed by atoms with van der Waals surface area (Å²) >= 11 is 6.23. The molecule has 0 N–H and O–H groups in total. The molecular formula is C18H21ClN2. The molecule has 3 rings (SSSR count). The van der Waals surface area contributed by atoms with Crippen LogP contribution in [0.1, 0.15) is 55.3 Å². The fourth-order valence-corrected chi connectivity index (χ4v) is 3.40. The van der Waals surface area contributed by atoms with E-state index in [1.807, 2.05) is 6.07 Å². The maximum atomic E-state index is 6.23. The van der Waals surface area contributed by atoms with Crippen molar-refractivity contribution in [3.05, 3.63) is 58.1 Å². The van der Waals surface area contributed by atoms with Gasteiger partial charge in [-0.3, -0.25) is 0 Å². The summed E-state index contributed by atoms with van der Waals surface area (Å²) in [4.78, 5) is 9.32. The quantitative estimate of drug-likeness (QED) is 0.761. The molecule has 2 nitrogen and oxygen atoms in total. The van der Waals surface area contributed by atoms with E-state index in [0.717, 1.165) is 30.8 Å². The number of benzene rings is 1. The second-order valence-corrected chi connectivity index (χ2v) is 6.67. The second kappa shape index (κ2) is 6.15. The van der Waals surface area contributed by atoms with Crippen LogP contribution in [0.4, 0.5) is 0 Å². The van der Waals surface area contributed by atoms with E-state index in [1.54, 1.807) is 0 Å². The summed E-state index contributed by atoms with van der Waals surface area (Å²) in [7, 11) is 0. The van der Waals surface area contributed by atoms with Crippen molar-refractivity contribution in [3.8, 4) is 0 Å². The molecule has 0 saturated carbocycles. The van der Waals surface area contributed by atoms with Crippen LogP contribution in [0.5, 0.6) is 0 Å². The third kappa shape index (κ3) is 3.26. The van der Waals surface area contributed by atoms with E-state index in [-0.39, 0.29) is 0 Å². The number of aromatic nitrogens is 2. The molecule has 3 heteroatoms. The van der Waals surface area contributed by atoms with Crippen molar-refractivity contribution in [2.75, 3.05) is 0 Å². The average molecular weight is 301 g/mol. The monoisotopic (exact) mass is 300 g/mol. The third-order valence-electron chi connectivity index (χ3n) is 4.06. The van der Waals surface area contributed by atoms with Gasteiger partial charge in [0.1, 0.15) is 11.0 Å². The zero-order valence-corrected chi connectivity index (χ0v) is 13.4. The van der Waals surface area contributed by atoms with Gasteiger partial charge in [-0.2, -0.15) is 0 Å². The van der Waals surface area contributed by atoms with Gasteiger partial charge in [0, 0.05) is 11.6 Å². The first-order valence-electron chi connectivity index (χ1n) is 7.74. The minimum Gasteiger partial charge on any atom is -0.237 e. The highest BCUT2D eigenvalue weighted by Gasteiger charge is 2.24. The first-order valence-corrected chi connectivity index (χ1v) is 8.12. The summed E-state index contributed by atoms with van der Waals surface area (Å²) < 4.78 is 0. The van der Waals surface area contributed by atoms with Gasteiger partial charge in [0.2, 0.25) is 0 Å². The molecular weight excluding hydrogens is 280 g/mol. The van der Waals surface area contributed by atoms with Gasteiger partial charge in [-0.25, -0.2) is 9.97 Å². The van der Waals surface area contributed by atoms with Gasteiger partial charge in [0.25, 0.3) is 0 Å². The van der Waals surface area contributed by atoms with Crippen LogP contribution in [0.2, 0.25) is 5.15 Å². The van der Waals surface area contributed by atoms with Crippen LogP contribution in [-0.4, -0.2) is 9.97 Å². The number of nitrogens with zero attached hydrogens (tertiary/aromatic N) is 2. The Balaban J connectivity index is 1.99. The molecule has 1 unspecified atom stereocenters. The second-order valence-electron chi connectivity index (χ2n) is 6.28. The summed E-state index contributed by atoms with van der Waals surface area (Å²) in [5.41, 5.74) is 3.87. The maximum absolute atomic E-state index is 6.23. The lowest BCUT2D eigenvalue weighted by Gasteiger charge is -2.24. The Labute approximate surface area is 131 Å². The van der Waals surface area contributed by atoms with Gasteiger partial charge in [0.15, 0.2) is 0 Å². The molecule has 0 saturated heterocycles. The van der Waals surface area contributed by atoms with Crippen LogP contribution in [0.25, 0.3) is 0 Å². The van der Waals surface area contributed by atoms with Crippen molar-refractivity contribution in [1.82, 2.24) is 9.97 Å². The Hall–Kier alpha value is -1.41. The van der Waals surface area contributed by atoms with Crippen LogP contribution in [0.3, 0.4) is 0 Å². The highest BCUT2D eigenvalue weighted by molar-refractivity contribution is 6.29. The van der Waals surface area contributed by atoms with E-state index in [1.165, 1.54) is 17.5 Å². The Morgan fingerprint density at radius 3 is 2.86 bits per heavy atom. The largest absolute Gasteiger partial charge is 0.237 e. The van der Waals surface area contributed by atoms with Gasteiger partial charge in [-0.1, -0.05) is 49.7 Å². The van der Waals surface area contributed by atoms with Crippen molar-refractivity contribution < 1.29 is 0 Å². The molecule has 0 amide bonds. The number of aryl methyl sites for hydroxylation is 1. The highest BCUT2D eigenvalue weighted by atomic mass is 35.5. The highest BCUT2D eigenvalue weighted by Crippen LogP contribution is 2.35. The van der Waals surface area contributed by atoms with Crippen molar-refractivity contribution in [3.63, 3.8) is 0 Å². The maximum Gasteiger partial charge on any atom is 0.137 e. The zero-order valence-electron chi connectivity index (χ0n) is 12.6. The third-order valence-corrected chi connectivity index (χ3v) is 4.26. The smallest absolute Gasteiger partial charge is 0.137 e. The van der Waals surface area contributed by atoms with Crippen LogP contribution in [-0.2, 0) is 12.8 Å². The fourth-order valence-electron chi connectivity index (χ4n) is 3.18. The van der Waals surface area contributed by atoms with Gasteiger partial charge in [-0.05, 0) is 48.8 Å². The molecule has 1 aromatic carbocycles. The zero-order chi connectivity index (χ0) is 14.8. The van der Waals surface area contributed by atoms with E-state index in [4.69, 9.17) is 16.6 Å². The minimum absolute atomic E-state index is 0.291. The number of hydrogen-bond donors (Lipinski definition) is 0. The molecule has 1 aliphatic carbocycles. The van der Waals surface area contributed by atoms with E-state index < -0.39 is 0 Å². The van der Waals surface area contributed by atoms with Crippen LogP contribution in [0, 0.1) is 5.92 Å². The molecule has 1 atom stereocenters. The Morgan fingerprint density at radius 2 is 2.05 bits per heavy atom. The molecule has 0 aliphatic heterocycles. The van der Waals surface area contributed by atoms with Crippen molar-refractivity contribution >= 4 is 11.6 Å². The summed E-state index contributed by atoms with van der Waals surface area (Å²) in [6.45, 7) is 4.40. The normalized spacial score (nSPS) is 17.8. The van der Waals surface area contributed by atoms with E-state index >= 15 is 0 Å². The predicted molar refractivity (Wildman–Crippen MR) is 86.8 cm³/mol. The lowest BCUT2D eigenvalue weighted by Crippen LogP contribution is -2.15. The summed E-state index contributed by atoms with van der Waals surface area (Å²) in [5, 5.41) is 0.568. The topological polar surface area (TPSA) is 25.8 Å². The minimum atomic E-state index is 0.291. The van der Waals surface area contributed by atoms with Gasteiger partial charge in [0.05, 0.1) is 0 Å². The first-order chi connectivity index (χ1) is 10.1. The lowest BCUT2D eigenvalue weighted by molar-refractivity contribution is 0.578. The molecule has 0 spiro atoms. The van der Waals surface area contributed by atoms with E-state index in [0.29, 0.717) is 17.0 Å². The first kappa shape index (κ1) is 14.5. The lowest BCUT2D eigenvalue weighted by atomic mass is 9.82. The van der Waals surface area contributed by atoms with Crippen molar-refractivity contribution in [2.24, 2.45) is 5.92 Å².